The highest BCUT2D eigenvalue weighted by atomic mass is 35.5. The molecule has 0 aromatic heterocycles. The fourth-order valence-electron chi connectivity index (χ4n) is 3.11. The summed E-state index contributed by atoms with van der Waals surface area (Å²) in [7, 11) is 0. The maximum absolute atomic E-state index is 12.4. The van der Waals surface area contributed by atoms with Gasteiger partial charge < -0.3 is 20.4 Å². The molecule has 148 valence electrons. The second-order valence-corrected chi connectivity index (χ2v) is 7.31. The summed E-state index contributed by atoms with van der Waals surface area (Å²) >= 11 is 6.05. The molecule has 0 saturated carbocycles. The van der Waals surface area contributed by atoms with Crippen molar-refractivity contribution < 1.29 is 9.59 Å². The van der Waals surface area contributed by atoms with Gasteiger partial charge in [0.2, 0.25) is 5.91 Å². The van der Waals surface area contributed by atoms with Gasteiger partial charge in [-0.05, 0) is 30.7 Å². The van der Waals surface area contributed by atoms with Crippen molar-refractivity contribution >= 4 is 29.2 Å². The summed E-state index contributed by atoms with van der Waals surface area (Å²) in [6, 6.07) is 15.3. The van der Waals surface area contributed by atoms with Crippen LogP contribution in [0.5, 0.6) is 0 Å². The van der Waals surface area contributed by atoms with Crippen molar-refractivity contribution in [1.29, 1.82) is 0 Å². The number of nitrogens with zero attached hydrogens (tertiary/aromatic N) is 2. The Labute approximate surface area is 170 Å². The second-order valence-electron chi connectivity index (χ2n) is 6.87. The number of rotatable bonds is 5. The van der Waals surface area contributed by atoms with Gasteiger partial charge in [0.1, 0.15) is 0 Å². The topological polar surface area (TPSA) is 64.7 Å². The van der Waals surface area contributed by atoms with Crippen LogP contribution >= 0.6 is 11.6 Å². The summed E-state index contributed by atoms with van der Waals surface area (Å²) in [4.78, 5) is 28.3. The molecule has 2 aromatic carbocycles. The molecule has 1 heterocycles. The molecule has 2 aromatic rings. The minimum atomic E-state index is -0.341. The summed E-state index contributed by atoms with van der Waals surface area (Å²) in [6.07, 6.45) is 0. The standard InChI is InChI=1S/C21H25ClN4O2/c1-16-5-7-17(8-6-16)14-23-21(28)24-15-20(27)26-11-9-25(10-12-26)19-4-2-3-18(22)13-19/h2-8,13H,9-12,14-15H2,1H3,(H2,23,24,28). The first-order valence-corrected chi connectivity index (χ1v) is 9.74. The van der Waals surface area contributed by atoms with Crippen LogP contribution < -0.4 is 15.5 Å². The van der Waals surface area contributed by atoms with Crippen molar-refractivity contribution in [2.45, 2.75) is 13.5 Å². The Morgan fingerprint density at radius 2 is 1.71 bits per heavy atom. The van der Waals surface area contributed by atoms with Gasteiger partial charge in [0.15, 0.2) is 0 Å². The van der Waals surface area contributed by atoms with E-state index in [1.165, 1.54) is 5.56 Å². The molecule has 0 atom stereocenters. The number of amides is 3. The molecule has 1 aliphatic heterocycles. The molecule has 2 N–H and O–H groups in total. The van der Waals surface area contributed by atoms with Crippen LogP contribution in [0.25, 0.3) is 0 Å². The molecule has 7 heteroatoms. The highest BCUT2D eigenvalue weighted by molar-refractivity contribution is 6.30. The molecule has 0 bridgehead atoms. The van der Waals surface area contributed by atoms with Crippen molar-refractivity contribution in [2.75, 3.05) is 37.6 Å². The SMILES string of the molecule is Cc1ccc(CNC(=O)NCC(=O)N2CCN(c3cccc(Cl)c3)CC2)cc1. The lowest BCUT2D eigenvalue weighted by Gasteiger charge is -2.36. The molecular weight excluding hydrogens is 376 g/mol. The number of halogens is 1. The monoisotopic (exact) mass is 400 g/mol. The van der Waals surface area contributed by atoms with Gasteiger partial charge in [-0.3, -0.25) is 4.79 Å². The molecule has 1 fully saturated rings. The van der Waals surface area contributed by atoms with Gasteiger partial charge in [-0.1, -0.05) is 47.5 Å². The van der Waals surface area contributed by atoms with Gasteiger partial charge in [0.05, 0.1) is 6.54 Å². The first-order valence-electron chi connectivity index (χ1n) is 9.37. The maximum Gasteiger partial charge on any atom is 0.315 e. The number of carbonyl (C=O) groups is 2. The van der Waals surface area contributed by atoms with E-state index in [4.69, 9.17) is 11.6 Å². The number of hydrogen-bond donors (Lipinski definition) is 2. The Balaban J connectivity index is 1.38. The summed E-state index contributed by atoms with van der Waals surface area (Å²) in [6.45, 7) is 5.17. The van der Waals surface area contributed by atoms with Crippen molar-refractivity contribution in [3.8, 4) is 0 Å². The van der Waals surface area contributed by atoms with Gasteiger partial charge in [-0.15, -0.1) is 0 Å². The predicted octanol–water partition coefficient (Wildman–Crippen LogP) is 2.80. The van der Waals surface area contributed by atoms with E-state index in [9.17, 15) is 9.59 Å². The Morgan fingerprint density at radius 3 is 2.39 bits per heavy atom. The number of carbonyl (C=O) groups excluding carboxylic acids is 2. The molecule has 0 unspecified atom stereocenters. The molecule has 1 aliphatic rings. The lowest BCUT2D eigenvalue weighted by atomic mass is 10.1. The quantitative estimate of drug-likeness (QED) is 0.811. The zero-order chi connectivity index (χ0) is 19.9. The Kier molecular flexibility index (Phi) is 6.76. The third-order valence-corrected chi connectivity index (χ3v) is 5.01. The zero-order valence-electron chi connectivity index (χ0n) is 16.0. The molecular formula is C21H25ClN4O2. The first-order chi connectivity index (χ1) is 13.5. The highest BCUT2D eigenvalue weighted by Gasteiger charge is 2.21. The van der Waals surface area contributed by atoms with E-state index in [0.717, 1.165) is 24.3 Å². The molecule has 0 aliphatic carbocycles. The van der Waals surface area contributed by atoms with E-state index in [1.807, 2.05) is 55.5 Å². The third-order valence-electron chi connectivity index (χ3n) is 4.78. The number of urea groups is 1. The summed E-state index contributed by atoms with van der Waals surface area (Å²) in [5, 5.41) is 6.11. The molecule has 1 saturated heterocycles. The summed E-state index contributed by atoms with van der Waals surface area (Å²) in [5.41, 5.74) is 3.26. The smallest absolute Gasteiger partial charge is 0.315 e. The average Bonchev–Trinajstić information content (AvgIpc) is 2.71. The van der Waals surface area contributed by atoms with Gasteiger partial charge in [0.25, 0.3) is 0 Å². The lowest BCUT2D eigenvalue weighted by molar-refractivity contribution is -0.130. The van der Waals surface area contributed by atoms with Crippen molar-refractivity contribution in [2.24, 2.45) is 0 Å². The Hall–Kier alpha value is -2.73. The van der Waals surface area contributed by atoms with Crippen LogP contribution in [0.1, 0.15) is 11.1 Å². The minimum Gasteiger partial charge on any atom is -0.368 e. The first kappa shape index (κ1) is 20.0. The van der Waals surface area contributed by atoms with Crippen LogP contribution in [0.4, 0.5) is 10.5 Å². The molecule has 6 nitrogen and oxygen atoms in total. The molecule has 3 rings (SSSR count). The fourth-order valence-corrected chi connectivity index (χ4v) is 3.29. The van der Waals surface area contributed by atoms with Crippen molar-refractivity contribution in [1.82, 2.24) is 15.5 Å². The van der Waals surface area contributed by atoms with Crippen molar-refractivity contribution in [3.05, 3.63) is 64.7 Å². The third kappa shape index (κ3) is 5.63. The predicted molar refractivity (Wildman–Crippen MR) is 112 cm³/mol. The van der Waals surface area contributed by atoms with E-state index >= 15 is 0 Å². The molecule has 3 amide bonds. The van der Waals surface area contributed by atoms with E-state index in [2.05, 4.69) is 15.5 Å². The van der Waals surface area contributed by atoms with Crippen molar-refractivity contribution in [3.63, 3.8) is 0 Å². The number of nitrogens with one attached hydrogen (secondary N) is 2. The largest absolute Gasteiger partial charge is 0.368 e. The van der Waals surface area contributed by atoms with E-state index in [1.54, 1.807) is 4.90 Å². The van der Waals surface area contributed by atoms with Crippen LogP contribution in [0, 0.1) is 6.92 Å². The Morgan fingerprint density at radius 1 is 1.00 bits per heavy atom. The van der Waals surface area contributed by atoms with Crippen LogP contribution in [-0.2, 0) is 11.3 Å². The lowest BCUT2D eigenvalue weighted by Crippen LogP contribution is -2.52. The average molecular weight is 401 g/mol. The van der Waals surface area contributed by atoms with E-state index in [-0.39, 0.29) is 18.5 Å². The number of hydrogen-bond acceptors (Lipinski definition) is 3. The molecule has 0 radical (unpaired) electrons. The zero-order valence-corrected chi connectivity index (χ0v) is 16.7. The van der Waals surface area contributed by atoms with Gasteiger partial charge in [-0.25, -0.2) is 4.79 Å². The van der Waals surface area contributed by atoms with Crippen LogP contribution in [0.2, 0.25) is 5.02 Å². The van der Waals surface area contributed by atoms with Crippen LogP contribution in [0.15, 0.2) is 48.5 Å². The van der Waals surface area contributed by atoms with Gasteiger partial charge in [0, 0.05) is 43.4 Å². The Bertz CT molecular complexity index is 817. The van der Waals surface area contributed by atoms with Crippen LogP contribution in [0.3, 0.4) is 0 Å². The summed E-state index contributed by atoms with van der Waals surface area (Å²) in [5.74, 6) is -0.0729. The van der Waals surface area contributed by atoms with E-state index in [0.29, 0.717) is 24.7 Å². The van der Waals surface area contributed by atoms with E-state index < -0.39 is 0 Å². The maximum atomic E-state index is 12.4. The fraction of sp³-hybridized carbons (Fsp3) is 0.333. The number of benzene rings is 2. The second kappa shape index (κ2) is 9.46. The normalized spacial score (nSPS) is 13.9. The molecule has 0 spiro atoms. The van der Waals surface area contributed by atoms with Gasteiger partial charge >= 0.3 is 6.03 Å². The number of piperazine rings is 1. The van der Waals surface area contributed by atoms with Gasteiger partial charge in [-0.2, -0.15) is 0 Å². The highest BCUT2D eigenvalue weighted by Crippen LogP contribution is 2.20. The van der Waals surface area contributed by atoms with Crippen LogP contribution in [-0.4, -0.2) is 49.6 Å². The summed E-state index contributed by atoms with van der Waals surface area (Å²) < 4.78 is 0. The number of anilines is 1. The molecule has 28 heavy (non-hydrogen) atoms. The number of aryl methyl sites for hydroxylation is 1. The minimum absolute atomic E-state index is 0.00308.